The van der Waals surface area contributed by atoms with Gasteiger partial charge in [0.25, 0.3) is 5.56 Å². The Balaban J connectivity index is 2.20. The highest BCUT2D eigenvalue weighted by Gasteiger charge is 2.21. The van der Waals surface area contributed by atoms with Crippen molar-refractivity contribution in [1.82, 2.24) is 19.2 Å². The highest BCUT2D eigenvalue weighted by atomic mass is 32.2. The van der Waals surface area contributed by atoms with Crippen LogP contribution in [0.25, 0.3) is 16.7 Å². The summed E-state index contributed by atoms with van der Waals surface area (Å²) < 4.78 is 8.36. The van der Waals surface area contributed by atoms with Crippen LogP contribution in [0.4, 0.5) is 0 Å². The van der Waals surface area contributed by atoms with Gasteiger partial charge in [-0.05, 0) is 26.0 Å². The van der Waals surface area contributed by atoms with Crippen molar-refractivity contribution in [1.29, 1.82) is 0 Å². The SMILES string of the molecule is C=CCn1c(=O)c2ccccc2n2c(SC(C)C(=O)OCC)nnc12. The number of hydrogen-bond acceptors (Lipinski definition) is 6. The van der Waals surface area contributed by atoms with Crippen LogP contribution in [0.1, 0.15) is 13.8 Å². The lowest BCUT2D eigenvalue weighted by molar-refractivity contribution is -0.142. The summed E-state index contributed by atoms with van der Waals surface area (Å²) in [5, 5.41) is 9.00. The molecule has 25 heavy (non-hydrogen) atoms. The second-order valence-electron chi connectivity index (χ2n) is 5.35. The number of rotatable bonds is 6. The zero-order chi connectivity index (χ0) is 18.0. The average Bonchev–Trinajstić information content (AvgIpc) is 3.02. The van der Waals surface area contributed by atoms with Crippen molar-refractivity contribution >= 4 is 34.4 Å². The van der Waals surface area contributed by atoms with Gasteiger partial charge < -0.3 is 4.74 Å². The van der Waals surface area contributed by atoms with E-state index in [1.165, 1.54) is 16.3 Å². The maximum Gasteiger partial charge on any atom is 0.319 e. The number of carbonyl (C=O) groups is 1. The molecule has 0 spiro atoms. The van der Waals surface area contributed by atoms with Crippen LogP contribution in [-0.2, 0) is 16.1 Å². The summed E-state index contributed by atoms with van der Waals surface area (Å²) in [6, 6.07) is 7.26. The van der Waals surface area contributed by atoms with Crippen LogP contribution < -0.4 is 5.56 Å². The van der Waals surface area contributed by atoms with Crippen molar-refractivity contribution in [2.45, 2.75) is 30.8 Å². The summed E-state index contributed by atoms with van der Waals surface area (Å²) in [7, 11) is 0. The second kappa shape index (κ2) is 7.10. The third-order valence-corrected chi connectivity index (χ3v) is 4.71. The predicted molar refractivity (Wildman–Crippen MR) is 96.9 cm³/mol. The monoisotopic (exact) mass is 358 g/mol. The number of thioether (sulfide) groups is 1. The summed E-state index contributed by atoms with van der Waals surface area (Å²) >= 11 is 1.25. The van der Waals surface area contributed by atoms with Gasteiger partial charge in [0.1, 0.15) is 5.25 Å². The molecule has 0 radical (unpaired) electrons. The van der Waals surface area contributed by atoms with Crippen LogP contribution in [0.3, 0.4) is 0 Å². The molecule has 1 unspecified atom stereocenters. The normalized spacial score (nSPS) is 12.4. The lowest BCUT2D eigenvalue weighted by Crippen LogP contribution is -2.23. The fraction of sp³-hybridized carbons (Fsp3) is 0.294. The van der Waals surface area contributed by atoms with Crippen molar-refractivity contribution in [2.75, 3.05) is 6.61 Å². The average molecular weight is 358 g/mol. The van der Waals surface area contributed by atoms with E-state index in [9.17, 15) is 9.59 Å². The first kappa shape index (κ1) is 17.2. The van der Waals surface area contributed by atoms with Gasteiger partial charge in [0, 0.05) is 6.54 Å². The van der Waals surface area contributed by atoms with Crippen molar-refractivity contribution in [3.63, 3.8) is 0 Å². The van der Waals surface area contributed by atoms with Crippen molar-refractivity contribution in [3.8, 4) is 0 Å². The molecule has 0 fully saturated rings. The minimum Gasteiger partial charge on any atom is -0.465 e. The Morgan fingerprint density at radius 3 is 2.88 bits per heavy atom. The molecule has 130 valence electrons. The Morgan fingerprint density at radius 2 is 2.16 bits per heavy atom. The minimum absolute atomic E-state index is 0.148. The molecule has 0 aliphatic rings. The lowest BCUT2D eigenvalue weighted by atomic mass is 10.2. The first-order valence-corrected chi connectivity index (χ1v) is 8.77. The van der Waals surface area contributed by atoms with Gasteiger partial charge in [-0.15, -0.1) is 16.8 Å². The summed E-state index contributed by atoms with van der Waals surface area (Å²) in [6.07, 6.45) is 1.64. The molecule has 0 aliphatic carbocycles. The molecule has 0 aliphatic heterocycles. The fourth-order valence-corrected chi connectivity index (χ4v) is 3.42. The van der Waals surface area contributed by atoms with Gasteiger partial charge in [-0.1, -0.05) is 30.0 Å². The molecule has 1 atom stereocenters. The van der Waals surface area contributed by atoms with Crippen LogP contribution >= 0.6 is 11.8 Å². The smallest absolute Gasteiger partial charge is 0.319 e. The highest BCUT2D eigenvalue weighted by molar-refractivity contribution is 8.00. The third-order valence-electron chi connectivity index (χ3n) is 3.69. The summed E-state index contributed by atoms with van der Waals surface area (Å²) in [5.74, 6) is 0.107. The molecule has 0 saturated carbocycles. The summed E-state index contributed by atoms with van der Waals surface area (Å²) in [6.45, 7) is 7.87. The zero-order valence-electron chi connectivity index (χ0n) is 14.0. The second-order valence-corrected chi connectivity index (χ2v) is 6.66. The summed E-state index contributed by atoms with van der Waals surface area (Å²) in [5.41, 5.74) is 0.553. The molecule has 0 bridgehead atoms. The van der Waals surface area contributed by atoms with Gasteiger partial charge in [-0.3, -0.25) is 18.6 Å². The predicted octanol–water partition coefficient (Wildman–Crippen LogP) is 2.27. The first-order chi connectivity index (χ1) is 12.1. The molecule has 8 heteroatoms. The maximum absolute atomic E-state index is 12.7. The first-order valence-electron chi connectivity index (χ1n) is 7.89. The molecule has 0 N–H and O–H groups in total. The van der Waals surface area contributed by atoms with E-state index in [2.05, 4.69) is 16.8 Å². The van der Waals surface area contributed by atoms with Gasteiger partial charge >= 0.3 is 5.97 Å². The van der Waals surface area contributed by atoms with E-state index in [-0.39, 0.29) is 11.5 Å². The number of aromatic nitrogens is 4. The van der Waals surface area contributed by atoms with E-state index < -0.39 is 5.25 Å². The molecular weight excluding hydrogens is 340 g/mol. The number of nitrogens with zero attached hydrogens (tertiary/aromatic N) is 4. The number of fused-ring (bicyclic) bond motifs is 3. The Bertz CT molecular complexity index is 1010. The number of para-hydroxylation sites is 1. The largest absolute Gasteiger partial charge is 0.465 e. The van der Waals surface area contributed by atoms with Gasteiger partial charge in [-0.25, -0.2) is 0 Å². The fourth-order valence-electron chi connectivity index (χ4n) is 2.57. The standard InChI is InChI=1S/C17H18N4O3S/c1-4-10-20-14(22)12-8-6-7-9-13(12)21-16(20)18-19-17(21)25-11(3)15(23)24-5-2/h4,6-9,11H,1,5,10H2,2-3H3. The Kier molecular flexibility index (Phi) is 4.89. The maximum atomic E-state index is 12.7. The van der Waals surface area contributed by atoms with Crippen molar-refractivity contribution < 1.29 is 9.53 Å². The van der Waals surface area contributed by atoms with E-state index in [1.54, 1.807) is 30.4 Å². The van der Waals surface area contributed by atoms with Gasteiger partial charge in [-0.2, -0.15) is 0 Å². The molecule has 3 aromatic rings. The van der Waals surface area contributed by atoms with Crippen LogP contribution in [-0.4, -0.2) is 37.0 Å². The minimum atomic E-state index is -0.439. The Labute approximate surface area is 148 Å². The van der Waals surface area contributed by atoms with Crippen LogP contribution in [0, 0.1) is 0 Å². The van der Waals surface area contributed by atoms with E-state index in [0.29, 0.717) is 35.0 Å². The Morgan fingerprint density at radius 1 is 1.40 bits per heavy atom. The quantitative estimate of drug-likeness (QED) is 0.382. The highest BCUT2D eigenvalue weighted by Crippen LogP contribution is 2.25. The van der Waals surface area contributed by atoms with Crippen molar-refractivity contribution in [3.05, 3.63) is 47.3 Å². The number of benzene rings is 1. The molecule has 2 heterocycles. The van der Waals surface area contributed by atoms with Gasteiger partial charge in [0.05, 0.1) is 17.5 Å². The van der Waals surface area contributed by atoms with Crippen LogP contribution in [0.15, 0.2) is 46.9 Å². The third kappa shape index (κ3) is 3.05. The molecular formula is C17H18N4O3S. The molecule has 0 amide bonds. The van der Waals surface area contributed by atoms with E-state index in [1.807, 2.05) is 18.2 Å². The number of ether oxygens (including phenoxy) is 1. The van der Waals surface area contributed by atoms with Crippen LogP contribution in [0.2, 0.25) is 0 Å². The molecule has 1 aromatic carbocycles. The van der Waals surface area contributed by atoms with E-state index >= 15 is 0 Å². The number of esters is 1. The molecule has 0 saturated heterocycles. The number of allylic oxidation sites excluding steroid dienone is 1. The van der Waals surface area contributed by atoms with Crippen molar-refractivity contribution in [2.24, 2.45) is 0 Å². The zero-order valence-corrected chi connectivity index (χ0v) is 14.8. The topological polar surface area (TPSA) is 78.5 Å². The number of hydrogen-bond donors (Lipinski definition) is 0. The lowest BCUT2D eigenvalue weighted by Gasteiger charge is -2.11. The van der Waals surface area contributed by atoms with Gasteiger partial charge in [0.2, 0.25) is 5.78 Å². The Hall–Kier alpha value is -2.61. The van der Waals surface area contributed by atoms with Gasteiger partial charge in [0.15, 0.2) is 5.16 Å². The van der Waals surface area contributed by atoms with Crippen LogP contribution in [0.5, 0.6) is 0 Å². The molecule has 2 aromatic heterocycles. The molecule has 7 nitrogen and oxygen atoms in total. The summed E-state index contributed by atoms with van der Waals surface area (Å²) in [4.78, 5) is 24.6. The number of carbonyl (C=O) groups excluding carboxylic acids is 1. The van der Waals surface area contributed by atoms with E-state index in [0.717, 1.165) is 0 Å². The molecule has 3 rings (SSSR count). The van der Waals surface area contributed by atoms with E-state index in [4.69, 9.17) is 4.74 Å².